The SMILES string of the molecule is CC[C@H](C)[C@H](NC1OCO1)C(=O)N1C[C@@H](COC)C[C@H]1c1ncc(-c2ccc3c(c2)COc2cc4c(ccc5nc([C@@H]6CC[C@H](C)N6C(=O)[C@@H](NC6OCO6)C(C)C)[nH]c54)cc2-3)[nH]1. The molecule has 16 heteroatoms. The Kier molecular flexibility index (Phi) is 11.5. The number of benzene rings is 3. The second-order valence-corrected chi connectivity index (χ2v) is 18.2. The predicted octanol–water partition coefficient (Wildman–Crippen LogP) is 6.45. The van der Waals surface area contributed by atoms with Crippen molar-refractivity contribution in [3.63, 3.8) is 0 Å². The molecule has 5 aromatic rings. The van der Waals surface area contributed by atoms with Gasteiger partial charge in [0.2, 0.25) is 24.6 Å². The van der Waals surface area contributed by atoms with Gasteiger partial charge in [-0.1, -0.05) is 52.3 Å². The highest BCUT2D eigenvalue weighted by Gasteiger charge is 2.44. The number of methoxy groups -OCH3 is 1. The lowest BCUT2D eigenvalue weighted by molar-refractivity contribution is -0.335. The van der Waals surface area contributed by atoms with Gasteiger partial charge in [-0.2, -0.15) is 0 Å². The third-order valence-electron chi connectivity index (χ3n) is 13.8. The molecule has 0 aliphatic carbocycles. The van der Waals surface area contributed by atoms with Crippen LogP contribution in [0.2, 0.25) is 0 Å². The van der Waals surface area contributed by atoms with E-state index >= 15 is 0 Å². The molecule has 4 N–H and O–H groups in total. The van der Waals surface area contributed by atoms with Crippen molar-refractivity contribution in [2.45, 2.75) is 110 Å². The molecule has 5 aliphatic rings. The largest absolute Gasteiger partial charge is 0.488 e. The highest BCUT2D eigenvalue weighted by Crippen LogP contribution is 2.44. The zero-order chi connectivity index (χ0) is 43.5. The molecule has 0 bridgehead atoms. The van der Waals surface area contributed by atoms with E-state index in [1.807, 2.05) is 29.8 Å². The van der Waals surface area contributed by atoms with Crippen molar-refractivity contribution in [3.05, 3.63) is 65.9 Å². The van der Waals surface area contributed by atoms with E-state index in [9.17, 15) is 9.59 Å². The van der Waals surface area contributed by atoms with Crippen molar-refractivity contribution in [2.24, 2.45) is 17.8 Å². The van der Waals surface area contributed by atoms with Crippen LogP contribution in [-0.2, 0) is 39.9 Å². The number of ether oxygens (including phenoxy) is 6. The molecule has 16 nitrogen and oxygen atoms in total. The summed E-state index contributed by atoms with van der Waals surface area (Å²) < 4.78 is 33.8. The van der Waals surface area contributed by atoms with Crippen LogP contribution in [0.1, 0.15) is 89.6 Å². The Morgan fingerprint density at radius 2 is 1.68 bits per heavy atom. The maximum absolute atomic E-state index is 14.2. The Morgan fingerprint density at radius 3 is 2.40 bits per heavy atom. The number of fused-ring (bicyclic) bond motifs is 6. The zero-order valence-electron chi connectivity index (χ0n) is 36.8. The van der Waals surface area contributed by atoms with Crippen LogP contribution in [0, 0.1) is 17.8 Å². The number of hydrogen-bond donors (Lipinski definition) is 4. The molecule has 4 saturated heterocycles. The van der Waals surface area contributed by atoms with Crippen LogP contribution in [0.25, 0.3) is 44.2 Å². The molecule has 5 aliphatic heterocycles. The maximum Gasteiger partial charge on any atom is 0.240 e. The minimum atomic E-state index is -0.578. The Balaban J connectivity index is 0.897. The molecule has 7 atom stereocenters. The topological polar surface area (TPSA) is 177 Å². The second kappa shape index (κ2) is 17.2. The van der Waals surface area contributed by atoms with Crippen molar-refractivity contribution < 1.29 is 38.0 Å². The summed E-state index contributed by atoms with van der Waals surface area (Å²) in [6, 6.07) is 13.7. The summed E-state index contributed by atoms with van der Waals surface area (Å²) in [5.41, 5.74) is 6.86. The summed E-state index contributed by atoms with van der Waals surface area (Å²) in [6.07, 6.45) is 3.99. The molecular formula is C47H58N8O8. The van der Waals surface area contributed by atoms with Gasteiger partial charge in [-0.15, -0.1) is 0 Å². The number of hydrogen-bond acceptors (Lipinski definition) is 12. The smallest absolute Gasteiger partial charge is 0.240 e. The molecule has 63 heavy (non-hydrogen) atoms. The number of amides is 2. The molecule has 2 amide bonds. The van der Waals surface area contributed by atoms with Crippen LogP contribution < -0.4 is 15.4 Å². The maximum atomic E-state index is 14.2. The summed E-state index contributed by atoms with van der Waals surface area (Å²) in [7, 11) is 1.70. The van der Waals surface area contributed by atoms with Crippen molar-refractivity contribution in [3.8, 4) is 28.1 Å². The first-order valence-corrected chi connectivity index (χ1v) is 22.5. The summed E-state index contributed by atoms with van der Waals surface area (Å²) in [6.45, 7) is 12.3. The minimum absolute atomic E-state index is 0.0112. The average Bonchev–Trinajstić information content (AvgIpc) is 4.07. The van der Waals surface area contributed by atoms with Crippen LogP contribution >= 0.6 is 0 Å². The number of aromatic amines is 2. The number of carbonyl (C=O) groups is 2. The predicted molar refractivity (Wildman–Crippen MR) is 233 cm³/mol. The summed E-state index contributed by atoms with van der Waals surface area (Å²) in [5, 5.41) is 8.61. The zero-order valence-corrected chi connectivity index (χ0v) is 36.8. The Labute approximate surface area is 366 Å². The van der Waals surface area contributed by atoms with Gasteiger partial charge in [0.05, 0.1) is 53.7 Å². The first-order valence-electron chi connectivity index (χ1n) is 22.5. The lowest BCUT2D eigenvalue weighted by Crippen LogP contribution is -2.57. The first kappa shape index (κ1) is 42.0. The van der Waals surface area contributed by atoms with Crippen LogP contribution in [0.15, 0.2) is 48.7 Å². The van der Waals surface area contributed by atoms with Gasteiger partial charge in [0.15, 0.2) is 13.6 Å². The van der Waals surface area contributed by atoms with Gasteiger partial charge in [-0.25, -0.2) is 9.97 Å². The summed E-state index contributed by atoms with van der Waals surface area (Å²) in [5.74, 6) is 2.69. The van der Waals surface area contributed by atoms with Crippen LogP contribution in [0.3, 0.4) is 0 Å². The molecule has 2 aromatic heterocycles. The van der Waals surface area contributed by atoms with Crippen molar-refractivity contribution in [2.75, 3.05) is 33.8 Å². The normalized spacial score (nSPS) is 24.0. The average molecular weight is 863 g/mol. The van der Waals surface area contributed by atoms with Gasteiger partial charge in [-0.3, -0.25) is 20.2 Å². The Morgan fingerprint density at radius 1 is 0.905 bits per heavy atom. The summed E-state index contributed by atoms with van der Waals surface area (Å²) in [4.78, 5) is 49.5. The molecule has 10 rings (SSSR count). The molecule has 7 heterocycles. The lowest BCUT2D eigenvalue weighted by atomic mass is 9.92. The van der Waals surface area contributed by atoms with Crippen molar-refractivity contribution >= 4 is 33.6 Å². The van der Waals surface area contributed by atoms with Crippen LogP contribution in [0.5, 0.6) is 5.75 Å². The van der Waals surface area contributed by atoms with Gasteiger partial charge in [0.25, 0.3) is 0 Å². The molecule has 0 saturated carbocycles. The van der Waals surface area contributed by atoms with Gasteiger partial charge >= 0.3 is 0 Å². The molecule has 0 spiro atoms. The fourth-order valence-electron chi connectivity index (χ4n) is 10.1. The van der Waals surface area contributed by atoms with Gasteiger partial charge in [0, 0.05) is 36.6 Å². The number of likely N-dealkylation sites (tertiary alicyclic amines) is 2. The third kappa shape index (κ3) is 7.79. The van der Waals surface area contributed by atoms with Crippen molar-refractivity contribution in [1.82, 2.24) is 40.4 Å². The molecule has 3 aromatic carbocycles. The number of nitrogens with zero attached hydrogens (tertiary/aromatic N) is 4. The molecule has 0 radical (unpaired) electrons. The number of imidazole rings is 2. The minimum Gasteiger partial charge on any atom is -0.488 e. The first-order chi connectivity index (χ1) is 30.6. The highest BCUT2D eigenvalue weighted by molar-refractivity contribution is 6.07. The molecule has 0 unspecified atom stereocenters. The van der Waals surface area contributed by atoms with E-state index < -0.39 is 24.9 Å². The van der Waals surface area contributed by atoms with Crippen molar-refractivity contribution in [1.29, 1.82) is 0 Å². The van der Waals surface area contributed by atoms with E-state index in [1.165, 1.54) is 0 Å². The van der Waals surface area contributed by atoms with E-state index in [0.29, 0.717) is 19.8 Å². The Bertz CT molecular complexity index is 2500. The number of H-pyrrole nitrogens is 2. The monoisotopic (exact) mass is 862 g/mol. The quantitative estimate of drug-likeness (QED) is 0.0962. The van der Waals surface area contributed by atoms with Gasteiger partial charge in [0.1, 0.15) is 24.0 Å². The lowest BCUT2D eigenvalue weighted by Gasteiger charge is -2.37. The molecule has 4 fully saturated rings. The number of nitrogens with one attached hydrogen (secondary N) is 4. The summed E-state index contributed by atoms with van der Waals surface area (Å²) >= 11 is 0. The van der Waals surface area contributed by atoms with Crippen LogP contribution in [0.4, 0.5) is 0 Å². The van der Waals surface area contributed by atoms with E-state index in [2.05, 4.69) is 83.8 Å². The number of carbonyl (C=O) groups excluding carboxylic acids is 2. The molecule has 334 valence electrons. The fourth-order valence-corrected chi connectivity index (χ4v) is 10.1. The molecular weight excluding hydrogens is 805 g/mol. The van der Waals surface area contributed by atoms with Crippen LogP contribution in [-0.4, -0.2) is 106 Å². The van der Waals surface area contributed by atoms with E-state index in [-0.39, 0.29) is 61.3 Å². The number of aromatic nitrogens is 4. The second-order valence-electron chi connectivity index (χ2n) is 18.2. The standard InChI is InChI=1S/C47H58N8O8/c1-7-25(4)40(53-47-62-23-63-47)44(56)54-19-27(20-58-6)14-37(54)42-48-18-35(50-42)29-9-11-31-30(15-29)21-59-38-17-32-28(16-33(31)38)10-12-34-41(32)51-43(49-34)36-13-8-26(5)55(36)45(57)39(24(2)3)52-46-60-22-61-46/h9-12,15-18,24-27,36-37,39-40,46-47,52-53H,7-8,13-14,19-23H2,1-6H3,(H,48,50)(H,49,51)/t25-,26-,27-,36-,37-,39-,40-/m0/s1. The fraction of sp³-hybridized carbons (Fsp3) is 0.532. The third-order valence-corrected chi connectivity index (χ3v) is 13.8. The van der Waals surface area contributed by atoms with E-state index in [0.717, 1.165) is 92.8 Å². The van der Waals surface area contributed by atoms with Gasteiger partial charge in [-0.05, 0) is 84.4 Å². The Hall–Kier alpha value is -4.94. The van der Waals surface area contributed by atoms with E-state index in [1.54, 1.807) is 7.11 Å². The van der Waals surface area contributed by atoms with Gasteiger partial charge < -0.3 is 48.2 Å². The highest BCUT2D eigenvalue weighted by atomic mass is 16.9. The number of rotatable bonds is 14. The van der Waals surface area contributed by atoms with E-state index in [4.69, 9.17) is 38.4 Å².